The third-order valence-corrected chi connectivity index (χ3v) is 5.24. The lowest BCUT2D eigenvalue weighted by molar-refractivity contribution is -0.132. The van der Waals surface area contributed by atoms with Gasteiger partial charge in [0, 0.05) is 6.07 Å². The van der Waals surface area contributed by atoms with E-state index in [-0.39, 0.29) is 11.5 Å². The third kappa shape index (κ3) is 4.34. The topological polar surface area (TPSA) is 86.0 Å². The minimum atomic E-state index is -0.790. The number of aromatic nitrogens is 1. The Balaban J connectivity index is 1.88. The normalized spacial score (nSPS) is 11.6. The van der Waals surface area contributed by atoms with Gasteiger partial charge in [0.2, 0.25) is 5.71 Å². The number of anilines is 1. The molecule has 0 saturated carbocycles. The number of ether oxygens (including phenoxy) is 1. The number of carbonyl (C=O) groups excluding carboxylic acids is 1. The van der Waals surface area contributed by atoms with Crippen molar-refractivity contribution in [2.24, 2.45) is 5.16 Å². The van der Waals surface area contributed by atoms with Crippen molar-refractivity contribution in [3.8, 4) is 0 Å². The van der Waals surface area contributed by atoms with Gasteiger partial charge in [0.05, 0.1) is 7.11 Å². The maximum Gasteiger partial charge on any atom is 0.364 e. The molecule has 0 radical (unpaired) electrons. The van der Waals surface area contributed by atoms with Gasteiger partial charge in [-0.3, -0.25) is 0 Å². The van der Waals surface area contributed by atoms with Gasteiger partial charge in [0.1, 0.15) is 12.6 Å². The molecular formula is C26H23N3O4. The summed E-state index contributed by atoms with van der Waals surface area (Å²) in [6.07, 6.45) is 0. The molecule has 3 aromatic carbocycles. The number of hydrogen-bond acceptors (Lipinski definition) is 7. The second kappa shape index (κ2) is 9.82. The molecule has 0 saturated heterocycles. The van der Waals surface area contributed by atoms with Gasteiger partial charge in [0.15, 0.2) is 11.6 Å². The number of esters is 1. The number of carbonyl (C=O) groups is 1. The number of rotatable bonds is 8. The van der Waals surface area contributed by atoms with Crippen molar-refractivity contribution in [2.75, 3.05) is 19.5 Å². The molecule has 0 atom stereocenters. The van der Waals surface area contributed by atoms with Gasteiger partial charge >= 0.3 is 5.97 Å². The first-order chi connectivity index (χ1) is 16.2. The average molecular weight is 441 g/mol. The monoisotopic (exact) mass is 441 g/mol. The summed E-state index contributed by atoms with van der Waals surface area (Å²) >= 11 is 0. The minimum Gasteiger partial charge on any atom is -0.464 e. The van der Waals surface area contributed by atoms with Crippen LogP contribution in [-0.4, -0.2) is 31.1 Å². The molecule has 0 aliphatic rings. The summed E-state index contributed by atoms with van der Waals surface area (Å²) in [6, 6.07) is 31.8. The molecule has 0 unspecified atom stereocenters. The molecule has 7 heteroatoms. The molecule has 7 nitrogen and oxygen atoms in total. The van der Waals surface area contributed by atoms with Crippen molar-refractivity contribution in [3.63, 3.8) is 0 Å². The van der Waals surface area contributed by atoms with Crippen LogP contribution in [0.2, 0.25) is 0 Å². The van der Waals surface area contributed by atoms with Crippen molar-refractivity contribution < 1.29 is 18.9 Å². The summed E-state index contributed by atoms with van der Waals surface area (Å²) in [5, 5.41) is 11.5. The van der Waals surface area contributed by atoms with E-state index in [1.807, 2.05) is 54.6 Å². The highest BCUT2D eigenvalue weighted by molar-refractivity contribution is 6.42. The molecule has 0 spiro atoms. The Bertz CT molecular complexity index is 1130. The summed E-state index contributed by atoms with van der Waals surface area (Å²) in [7, 11) is 2.60. The van der Waals surface area contributed by atoms with Crippen LogP contribution in [0.4, 0.5) is 5.82 Å². The molecule has 4 aromatic rings. The van der Waals surface area contributed by atoms with Crippen molar-refractivity contribution >= 4 is 17.5 Å². The van der Waals surface area contributed by atoms with E-state index in [0.29, 0.717) is 5.82 Å². The van der Waals surface area contributed by atoms with E-state index in [4.69, 9.17) is 14.1 Å². The predicted octanol–water partition coefficient (Wildman–Crippen LogP) is 4.60. The lowest BCUT2D eigenvalue weighted by Gasteiger charge is -2.36. The van der Waals surface area contributed by atoms with E-state index in [0.717, 1.165) is 16.7 Å². The zero-order chi connectivity index (χ0) is 23.1. The molecule has 0 aliphatic heterocycles. The second-order valence-corrected chi connectivity index (χ2v) is 7.16. The van der Waals surface area contributed by atoms with Crippen molar-refractivity contribution in [1.29, 1.82) is 0 Å². The number of hydrogen-bond donors (Lipinski definition) is 1. The maximum atomic E-state index is 12.1. The zero-order valence-corrected chi connectivity index (χ0v) is 18.3. The second-order valence-electron chi connectivity index (χ2n) is 7.16. The largest absolute Gasteiger partial charge is 0.464 e. The Labute approximate surface area is 191 Å². The van der Waals surface area contributed by atoms with Crippen LogP contribution in [0.25, 0.3) is 0 Å². The fourth-order valence-corrected chi connectivity index (χ4v) is 3.79. The Kier molecular flexibility index (Phi) is 6.50. The molecule has 0 fully saturated rings. The van der Waals surface area contributed by atoms with Crippen LogP contribution in [0.15, 0.2) is 107 Å². The Morgan fingerprint density at radius 1 is 0.848 bits per heavy atom. The molecule has 0 amide bonds. The van der Waals surface area contributed by atoms with E-state index < -0.39 is 11.5 Å². The van der Waals surface area contributed by atoms with Gasteiger partial charge in [-0.15, -0.1) is 0 Å². The van der Waals surface area contributed by atoms with E-state index in [2.05, 4.69) is 52.0 Å². The Hall–Kier alpha value is -4.39. The highest BCUT2D eigenvalue weighted by Gasteiger charge is 2.37. The highest BCUT2D eigenvalue weighted by Crippen LogP contribution is 2.39. The third-order valence-electron chi connectivity index (χ3n) is 5.24. The van der Waals surface area contributed by atoms with E-state index >= 15 is 0 Å². The molecule has 1 heterocycles. The number of methoxy groups -OCH3 is 1. The molecule has 0 aliphatic carbocycles. The molecule has 0 bridgehead atoms. The van der Waals surface area contributed by atoms with Crippen LogP contribution in [0, 0.1) is 0 Å². The van der Waals surface area contributed by atoms with Crippen LogP contribution < -0.4 is 5.32 Å². The average Bonchev–Trinajstić information content (AvgIpc) is 3.35. The Morgan fingerprint density at radius 3 is 1.76 bits per heavy atom. The molecule has 1 aromatic heterocycles. The summed E-state index contributed by atoms with van der Waals surface area (Å²) < 4.78 is 10.2. The minimum absolute atomic E-state index is 0.120. The maximum absolute atomic E-state index is 12.1. The van der Waals surface area contributed by atoms with Crippen molar-refractivity contribution in [3.05, 3.63) is 120 Å². The first-order valence-electron chi connectivity index (χ1n) is 10.3. The summed E-state index contributed by atoms with van der Waals surface area (Å²) in [5.74, 6) is -0.163. The smallest absolute Gasteiger partial charge is 0.364 e. The van der Waals surface area contributed by atoms with E-state index in [1.165, 1.54) is 14.2 Å². The molecule has 1 N–H and O–H groups in total. The van der Waals surface area contributed by atoms with Crippen LogP contribution in [-0.2, 0) is 19.9 Å². The molecule has 166 valence electrons. The van der Waals surface area contributed by atoms with Gasteiger partial charge in [0.25, 0.3) is 0 Å². The first kappa shape index (κ1) is 21.8. The van der Waals surface area contributed by atoms with Gasteiger partial charge in [-0.2, -0.15) is 0 Å². The summed E-state index contributed by atoms with van der Waals surface area (Å²) in [4.78, 5) is 16.9. The van der Waals surface area contributed by atoms with E-state index in [1.54, 1.807) is 6.07 Å². The number of nitrogens with one attached hydrogen (secondary N) is 1. The predicted molar refractivity (Wildman–Crippen MR) is 125 cm³/mol. The highest BCUT2D eigenvalue weighted by atomic mass is 16.6. The quantitative estimate of drug-likeness (QED) is 0.186. The van der Waals surface area contributed by atoms with Crippen LogP contribution in [0.5, 0.6) is 0 Å². The standard InChI is InChI=1S/C26H23N3O4/c1-31-25(30)24(29-32-2)22-18-23(28-33-22)27-26(19-12-6-3-7-13-19,20-14-8-4-9-15-20)21-16-10-5-11-17-21/h3-18H,1-2H3,(H,27,28). The van der Waals surface area contributed by atoms with Crippen molar-refractivity contribution in [1.82, 2.24) is 5.16 Å². The van der Waals surface area contributed by atoms with Gasteiger partial charge in [-0.1, -0.05) is 101 Å². The lowest BCUT2D eigenvalue weighted by atomic mass is 9.77. The number of oxime groups is 1. The fraction of sp³-hybridized carbons (Fsp3) is 0.115. The Morgan fingerprint density at radius 2 is 1.33 bits per heavy atom. The number of nitrogens with zero attached hydrogens (tertiary/aromatic N) is 2. The number of benzene rings is 3. The molecule has 4 rings (SSSR count). The van der Waals surface area contributed by atoms with Gasteiger partial charge < -0.3 is 19.4 Å². The summed E-state index contributed by atoms with van der Waals surface area (Å²) in [5.41, 5.74) is 2.11. The van der Waals surface area contributed by atoms with Gasteiger partial charge in [-0.05, 0) is 16.7 Å². The molecule has 33 heavy (non-hydrogen) atoms. The fourth-order valence-electron chi connectivity index (χ4n) is 3.79. The molecular weight excluding hydrogens is 418 g/mol. The summed E-state index contributed by atoms with van der Waals surface area (Å²) in [6.45, 7) is 0. The first-order valence-corrected chi connectivity index (χ1v) is 10.3. The van der Waals surface area contributed by atoms with Crippen LogP contribution in [0.1, 0.15) is 22.5 Å². The van der Waals surface area contributed by atoms with E-state index in [9.17, 15) is 4.79 Å². The SMILES string of the molecule is CON=C(C(=O)OC)c1cc(NC(c2ccccc2)(c2ccccc2)c2ccccc2)no1. The van der Waals surface area contributed by atoms with Crippen LogP contribution >= 0.6 is 0 Å². The van der Waals surface area contributed by atoms with Crippen molar-refractivity contribution in [2.45, 2.75) is 5.54 Å². The zero-order valence-electron chi connectivity index (χ0n) is 18.3. The lowest BCUT2D eigenvalue weighted by Crippen LogP contribution is -2.38. The van der Waals surface area contributed by atoms with Gasteiger partial charge in [-0.25, -0.2) is 4.79 Å². The van der Waals surface area contributed by atoms with Crippen LogP contribution in [0.3, 0.4) is 0 Å².